The Labute approximate surface area is 517 Å². The Bertz CT molecular complexity index is 2350. The SMILES string of the molecule is C/C=C/CC(C)C(O)C1C(=O)CC(CC)C(=O)N(C)C(C)C(=O)N(CC)C(C(C)C)C(=O)CC(C(C)C)C(=O)N(C)C(CC(C)C)C(=O)CC(C)C(=O)NC(C)C(=O)N(C)C(CC(C)C)C(=O)N(C)C(CC(C)C)C(=O)N(C)C(C(C)C)C(=O)N1C. The molecule has 0 saturated carbocycles. The maximum atomic E-state index is 15.2. The number of allylic oxidation sites excluding steroid dienone is 2. The Kier molecular flexibility index (Phi) is 32.4. The van der Waals surface area contributed by atoms with Gasteiger partial charge in [-0.2, -0.15) is 0 Å². The van der Waals surface area contributed by atoms with Crippen LogP contribution in [-0.4, -0.2) is 207 Å². The molecule has 2 N–H and O–H groups in total. The van der Waals surface area contributed by atoms with Gasteiger partial charge in [0.15, 0.2) is 17.3 Å². The van der Waals surface area contributed by atoms with Gasteiger partial charge in [-0.15, -0.1) is 0 Å². The summed E-state index contributed by atoms with van der Waals surface area (Å²) < 4.78 is 0. The number of amides is 8. The molecular formula is C66H116N8O12. The van der Waals surface area contributed by atoms with Crippen molar-refractivity contribution in [3.05, 3.63) is 12.2 Å². The molecule has 1 heterocycles. The highest BCUT2D eigenvalue weighted by Crippen LogP contribution is 2.30. The van der Waals surface area contributed by atoms with E-state index in [1.165, 1.54) is 78.6 Å². The number of nitrogens with zero attached hydrogens (tertiary/aromatic N) is 7. The largest absolute Gasteiger partial charge is 0.390 e. The summed E-state index contributed by atoms with van der Waals surface area (Å²) in [6.45, 7) is 33.8. The lowest BCUT2D eigenvalue weighted by atomic mass is 9.84. The van der Waals surface area contributed by atoms with E-state index in [-0.39, 0.29) is 80.3 Å². The number of carbonyl (C=O) groups is 11. The first-order valence-electron chi connectivity index (χ1n) is 31.8. The molecule has 0 aromatic rings. The maximum Gasteiger partial charge on any atom is 0.246 e. The number of aliphatic hydroxyl groups is 1. The number of ketones is 3. The van der Waals surface area contributed by atoms with E-state index in [2.05, 4.69) is 5.32 Å². The summed E-state index contributed by atoms with van der Waals surface area (Å²) in [4.78, 5) is 171. The quantitative estimate of drug-likeness (QED) is 0.159. The lowest BCUT2D eigenvalue weighted by molar-refractivity contribution is -0.157. The van der Waals surface area contributed by atoms with Crippen LogP contribution in [0.5, 0.6) is 0 Å². The van der Waals surface area contributed by atoms with Crippen molar-refractivity contribution in [3.8, 4) is 0 Å². The summed E-state index contributed by atoms with van der Waals surface area (Å²) >= 11 is 0. The predicted molar refractivity (Wildman–Crippen MR) is 337 cm³/mol. The summed E-state index contributed by atoms with van der Waals surface area (Å²) in [5.74, 6) is -11.1. The van der Waals surface area contributed by atoms with Gasteiger partial charge in [0.2, 0.25) is 47.3 Å². The van der Waals surface area contributed by atoms with Crippen LogP contribution in [0.15, 0.2) is 12.2 Å². The standard InChI is InChI=1S/C66H116N8O12/c1-26-29-30-43(16)58(78)57-53(76)35-47(27-2)62(82)68(20)46(19)61(81)74(28-3)55(41(12)13)54(77)36-48(40(10)11)63(83)69(21)49(31-37(4)5)52(75)34-44(17)59(79)67-45(18)60(80)70(22)50(32-38(6)7)64(84)71(23)51(33-39(8)9)65(85)72(24)56(42(14)15)66(86)73(57)25/h26,29,37-51,55-58,78H,27-28,30-36H2,1-25H3,(H,67,79)/b29-26+. The summed E-state index contributed by atoms with van der Waals surface area (Å²) in [5, 5.41) is 14.9. The van der Waals surface area contributed by atoms with Crippen LogP contribution >= 0.6 is 0 Å². The number of hydrogen-bond acceptors (Lipinski definition) is 12. The number of likely N-dealkylation sites (N-methyl/N-ethyl adjacent to an activating group) is 7. The van der Waals surface area contributed by atoms with E-state index in [1.54, 1.807) is 62.3 Å². The molecule has 0 bridgehead atoms. The first-order chi connectivity index (χ1) is 39.7. The number of hydrogen-bond donors (Lipinski definition) is 2. The molecule has 20 nitrogen and oxygen atoms in total. The van der Waals surface area contributed by atoms with Crippen molar-refractivity contribution in [1.82, 2.24) is 39.6 Å². The third-order valence-electron chi connectivity index (χ3n) is 17.6. The normalized spacial score (nSPS) is 27.9. The van der Waals surface area contributed by atoms with E-state index in [1.807, 2.05) is 74.5 Å². The van der Waals surface area contributed by atoms with E-state index >= 15 is 14.4 Å². The highest BCUT2D eigenvalue weighted by atomic mass is 16.3. The van der Waals surface area contributed by atoms with Gasteiger partial charge >= 0.3 is 0 Å². The van der Waals surface area contributed by atoms with E-state index in [4.69, 9.17) is 0 Å². The summed E-state index contributed by atoms with van der Waals surface area (Å²) in [7, 11) is 8.79. The minimum Gasteiger partial charge on any atom is -0.390 e. The van der Waals surface area contributed by atoms with Crippen LogP contribution in [0.3, 0.4) is 0 Å². The van der Waals surface area contributed by atoms with Crippen LogP contribution in [0.25, 0.3) is 0 Å². The van der Waals surface area contributed by atoms with Gasteiger partial charge in [0.25, 0.3) is 0 Å². The summed E-state index contributed by atoms with van der Waals surface area (Å²) in [5.41, 5.74) is 0. The first kappa shape index (κ1) is 78.5. The van der Waals surface area contributed by atoms with Crippen LogP contribution in [0, 0.1) is 59.2 Å². The molecule has 0 aromatic carbocycles. The van der Waals surface area contributed by atoms with Gasteiger partial charge < -0.3 is 44.7 Å². The molecule has 13 atom stereocenters. The Morgan fingerprint density at radius 2 is 0.930 bits per heavy atom. The topological polar surface area (TPSA) is 243 Å². The minimum absolute atomic E-state index is 0.0682. The monoisotopic (exact) mass is 1210 g/mol. The highest BCUT2D eigenvalue weighted by Gasteiger charge is 2.46. The lowest BCUT2D eigenvalue weighted by Gasteiger charge is -2.41. The van der Waals surface area contributed by atoms with Gasteiger partial charge in [-0.1, -0.05) is 116 Å². The Balaban J connectivity index is 4.39. The van der Waals surface area contributed by atoms with E-state index < -0.39 is 149 Å². The zero-order chi connectivity index (χ0) is 66.8. The van der Waals surface area contributed by atoms with Gasteiger partial charge in [-0.25, -0.2) is 0 Å². The van der Waals surface area contributed by atoms with Gasteiger partial charge in [-0.05, 0) is 101 Å². The summed E-state index contributed by atoms with van der Waals surface area (Å²) in [6.07, 6.45) is 2.31. The van der Waals surface area contributed by atoms with Crippen LogP contribution < -0.4 is 5.32 Å². The predicted octanol–water partition coefficient (Wildman–Crippen LogP) is 6.93. The van der Waals surface area contributed by atoms with Crippen LogP contribution in [0.2, 0.25) is 0 Å². The summed E-state index contributed by atoms with van der Waals surface area (Å²) in [6, 6.07) is -9.27. The van der Waals surface area contributed by atoms with Crippen molar-refractivity contribution >= 4 is 64.6 Å². The molecule has 1 saturated heterocycles. The molecule has 0 aromatic heterocycles. The van der Waals surface area contributed by atoms with Crippen LogP contribution in [0.4, 0.5) is 0 Å². The maximum absolute atomic E-state index is 15.2. The average molecular weight is 1210 g/mol. The molecule has 492 valence electrons. The highest BCUT2D eigenvalue weighted by molar-refractivity contribution is 6.00. The molecule has 20 heteroatoms. The van der Waals surface area contributed by atoms with Gasteiger partial charge in [0, 0.05) is 85.8 Å². The molecule has 8 amide bonds. The van der Waals surface area contributed by atoms with Crippen LogP contribution in [-0.2, 0) is 52.7 Å². The molecule has 1 fully saturated rings. The zero-order valence-corrected chi connectivity index (χ0v) is 57.6. The lowest BCUT2D eigenvalue weighted by Crippen LogP contribution is -2.61. The molecule has 13 unspecified atom stereocenters. The van der Waals surface area contributed by atoms with Crippen molar-refractivity contribution < 1.29 is 57.8 Å². The van der Waals surface area contributed by atoms with Crippen molar-refractivity contribution in [3.63, 3.8) is 0 Å². The van der Waals surface area contributed by atoms with Crippen molar-refractivity contribution in [2.24, 2.45) is 59.2 Å². The number of rotatable bonds is 15. The van der Waals surface area contributed by atoms with Crippen LogP contribution in [0.1, 0.15) is 183 Å². The first-order valence-corrected chi connectivity index (χ1v) is 31.8. The van der Waals surface area contributed by atoms with Crippen molar-refractivity contribution in [1.29, 1.82) is 0 Å². The number of nitrogens with one attached hydrogen (secondary N) is 1. The molecule has 0 radical (unpaired) electrons. The molecule has 1 rings (SSSR count). The van der Waals surface area contributed by atoms with E-state index in [0.717, 1.165) is 4.90 Å². The Morgan fingerprint density at radius 1 is 0.488 bits per heavy atom. The molecule has 1 aliphatic heterocycles. The number of carbonyl (C=O) groups excluding carboxylic acids is 11. The fourth-order valence-corrected chi connectivity index (χ4v) is 12.0. The second-order valence-corrected chi connectivity index (χ2v) is 27.1. The third-order valence-corrected chi connectivity index (χ3v) is 17.6. The number of Topliss-reactive ketones (excluding diaryl/α,β-unsaturated/α-hetero) is 3. The van der Waals surface area contributed by atoms with Crippen molar-refractivity contribution in [2.45, 2.75) is 237 Å². The smallest absolute Gasteiger partial charge is 0.246 e. The minimum atomic E-state index is -1.50. The molecule has 0 spiro atoms. The van der Waals surface area contributed by atoms with E-state index in [9.17, 15) is 43.5 Å². The average Bonchev–Trinajstić information content (AvgIpc) is 1.38. The molecule has 0 aliphatic carbocycles. The fraction of sp³-hybridized carbons (Fsp3) is 0.803. The van der Waals surface area contributed by atoms with Gasteiger partial charge in [-0.3, -0.25) is 52.7 Å². The van der Waals surface area contributed by atoms with Crippen molar-refractivity contribution in [2.75, 3.05) is 48.8 Å². The number of aliphatic hydroxyl groups excluding tert-OH is 1. The second kappa shape index (κ2) is 35.5. The second-order valence-electron chi connectivity index (χ2n) is 27.1. The Hall–Kier alpha value is -5.53. The van der Waals surface area contributed by atoms with Gasteiger partial charge in [0.05, 0.1) is 18.2 Å². The fourth-order valence-electron chi connectivity index (χ4n) is 12.0. The molecule has 86 heavy (non-hydrogen) atoms. The third kappa shape index (κ3) is 20.8. The molecule has 1 aliphatic rings. The van der Waals surface area contributed by atoms with Gasteiger partial charge in [0.1, 0.15) is 36.3 Å². The van der Waals surface area contributed by atoms with E-state index in [0.29, 0.717) is 6.42 Å². The molecular weight excluding hydrogens is 1100 g/mol. The Morgan fingerprint density at radius 3 is 1.37 bits per heavy atom. The zero-order valence-electron chi connectivity index (χ0n) is 57.6.